The zero-order chi connectivity index (χ0) is 15.8. The van der Waals surface area contributed by atoms with Crippen LogP contribution in [0.1, 0.15) is 28.3 Å². The third-order valence-corrected chi connectivity index (χ3v) is 4.88. The topological polar surface area (TPSA) is 58.4 Å². The number of nitrogens with two attached hydrogens (primary N) is 1. The number of rotatable bonds is 1. The number of hydrogen-bond acceptors (Lipinski definition) is 2. The van der Waals surface area contributed by atoms with Crippen LogP contribution in [0.5, 0.6) is 0 Å². The molecular weight excluding hydrogens is 286 g/mol. The fourth-order valence-corrected chi connectivity index (χ4v) is 3.77. The number of carbonyl (C=O) groups is 1. The van der Waals surface area contributed by atoms with Gasteiger partial charge in [-0.25, -0.2) is 4.79 Å². The molecule has 1 heterocycles. The Labute approximate surface area is 136 Å². The second kappa shape index (κ2) is 5.70. The van der Waals surface area contributed by atoms with Gasteiger partial charge < -0.3 is 16.0 Å². The van der Waals surface area contributed by atoms with Crippen molar-refractivity contribution in [1.82, 2.24) is 10.2 Å². The first-order valence-corrected chi connectivity index (χ1v) is 8.19. The van der Waals surface area contributed by atoms with Gasteiger partial charge in [0.1, 0.15) is 0 Å². The highest BCUT2D eigenvalue weighted by Gasteiger charge is 2.34. The molecule has 23 heavy (non-hydrogen) atoms. The van der Waals surface area contributed by atoms with E-state index in [1.165, 1.54) is 22.3 Å². The van der Waals surface area contributed by atoms with Crippen LogP contribution >= 0.6 is 0 Å². The molecule has 0 spiro atoms. The maximum absolute atomic E-state index is 12.5. The van der Waals surface area contributed by atoms with Crippen molar-refractivity contribution in [2.45, 2.75) is 24.9 Å². The van der Waals surface area contributed by atoms with E-state index in [1.807, 2.05) is 4.90 Å². The van der Waals surface area contributed by atoms with Crippen LogP contribution in [0.25, 0.3) is 0 Å². The number of fused-ring (bicyclic) bond motifs is 2. The normalized spacial score (nSPS) is 21.2. The van der Waals surface area contributed by atoms with Crippen molar-refractivity contribution in [2.24, 2.45) is 5.73 Å². The molecule has 4 heteroatoms. The molecule has 2 aromatic rings. The molecule has 1 atom stereocenters. The van der Waals surface area contributed by atoms with Gasteiger partial charge in [-0.05, 0) is 35.1 Å². The Bertz CT molecular complexity index is 695. The molecule has 0 saturated carbocycles. The van der Waals surface area contributed by atoms with Crippen molar-refractivity contribution in [3.05, 3.63) is 70.8 Å². The quantitative estimate of drug-likeness (QED) is 0.849. The molecule has 1 saturated heterocycles. The maximum Gasteiger partial charge on any atom is 0.318 e. The van der Waals surface area contributed by atoms with Gasteiger partial charge in [-0.15, -0.1) is 0 Å². The van der Waals surface area contributed by atoms with Gasteiger partial charge >= 0.3 is 6.03 Å². The number of amides is 2. The zero-order valence-electron chi connectivity index (χ0n) is 13.0. The Hall–Kier alpha value is -2.33. The zero-order valence-corrected chi connectivity index (χ0v) is 13.0. The third-order valence-electron chi connectivity index (χ3n) is 4.88. The van der Waals surface area contributed by atoms with Crippen LogP contribution in [0.15, 0.2) is 48.5 Å². The Morgan fingerprint density at radius 3 is 2.13 bits per heavy atom. The minimum atomic E-state index is -0.0590. The van der Waals surface area contributed by atoms with Crippen molar-refractivity contribution in [3.63, 3.8) is 0 Å². The predicted molar refractivity (Wildman–Crippen MR) is 90.2 cm³/mol. The summed E-state index contributed by atoms with van der Waals surface area (Å²) in [5, 5.41) is 2.92. The molecule has 1 unspecified atom stereocenters. The molecule has 2 amide bonds. The molecule has 4 rings (SSSR count). The molecule has 0 bridgehead atoms. The Morgan fingerprint density at radius 1 is 0.957 bits per heavy atom. The van der Waals surface area contributed by atoms with Gasteiger partial charge in [0.15, 0.2) is 0 Å². The lowest BCUT2D eigenvalue weighted by Crippen LogP contribution is -2.57. The van der Waals surface area contributed by atoms with E-state index >= 15 is 0 Å². The van der Waals surface area contributed by atoms with E-state index in [1.54, 1.807) is 0 Å². The molecule has 3 N–H and O–H groups in total. The number of nitrogens with one attached hydrogen (secondary N) is 1. The highest BCUT2D eigenvalue weighted by molar-refractivity contribution is 5.76. The highest BCUT2D eigenvalue weighted by Crippen LogP contribution is 2.37. The lowest BCUT2D eigenvalue weighted by Gasteiger charge is -2.38. The van der Waals surface area contributed by atoms with Gasteiger partial charge in [0.2, 0.25) is 0 Å². The number of carbonyl (C=O) groups excluding carboxylic acids is 1. The second-order valence-corrected chi connectivity index (χ2v) is 6.40. The summed E-state index contributed by atoms with van der Waals surface area (Å²) >= 11 is 0. The molecule has 1 fully saturated rings. The summed E-state index contributed by atoms with van der Waals surface area (Å²) in [5.41, 5.74) is 11.2. The Morgan fingerprint density at radius 2 is 1.52 bits per heavy atom. The lowest BCUT2D eigenvalue weighted by atomic mass is 9.92. The monoisotopic (exact) mass is 307 g/mol. The first-order valence-electron chi connectivity index (χ1n) is 8.19. The van der Waals surface area contributed by atoms with E-state index in [0.29, 0.717) is 13.1 Å². The molecule has 118 valence electrons. The SMILES string of the molecule is NC1CNC(=O)N(C2c3ccccc3CCc3ccccc32)C1. The van der Waals surface area contributed by atoms with Gasteiger partial charge in [-0.2, -0.15) is 0 Å². The molecular formula is C19H21N3O. The maximum atomic E-state index is 12.5. The summed E-state index contributed by atoms with van der Waals surface area (Å²) in [4.78, 5) is 14.4. The van der Waals surface area contributed by atoms with Crippen LogP contribution in [0.4, 0.5) is 4.79 Å². The molecule has 4 nitrogen and oxygen atoms in total. The number of benzene rings is 2. The van der Waals surface area contributed by atoms with Crippen molar-refractivity contribution >= 4 is 6.03 Å². The van der Waals surface area contributed by atoms with E-state index in [4.69, 9.17) is 5.73 Å². The average molecular weight is 307 g/mol. The first-order chi connectivity index (χ1) is 11.2. The number of aryl methyl sites for hydroxylation is 2. The fourth-order valence-electron chi connectivity index (χ4n) is 3.77. The number of nitrogens with zero attached hydrogens (tertiary/aromatic N) is 1. The molecule has 0 radical (unpaired) electrons. The van der Waals surface area contributed by atoms with Crippen LogP contribution < -0.4 is 11.1 Å². The minimum Gasteiger partial charge on any atom is -0.336 e. The van der Waals surface area contributed by atoms with Gasteiger partial charge in [0, 0.05) is 19.1 Å². The van der Waals surface area contributed by atoms with Crippen LogP contribution in [0.3, 0.4) is 0 Å². The first kappa shape index (κ1) is 14.3. The van der Waals surface area contributed by atoms with E-state index in [0.717, 1.165) is 12.8 Å². The summed E-state index contributed by atoms with van der Waals surface area (Å²) in [5.74, 6) is 0. The van der Waals surface area contributed by atoms with E-state index in [2.05, 4.69) is 53.8 Å². The van der Waals surface area contributed by atoms with Gasteiger partial charge in [-0.1, -0.05) is 48.5 Å². The van der Waals surface area contributed by atoms with E-state index in [-0.39, 0.29) is 18.1 Å². The summed E-state index contributed by atoms with van der Waals surface area (Å²) in [6, 6.07) is 16.8. The molecule has 1 aliphatic carbocycles. The predicted octanol–water partition coefficient (Wildman–Crippen LogP) is 2.23. The molecule has 2 aromatic carbocycles. The van der Waals surface area contributed by atoms with Crippen LogP contribution in [-0.4, -0.2) is 30.1 Å². The Kier molecular flexibility index (Phi) is 3.54. The van der Waals surface area contributed by atoms with E-state index < -0.39 is 0 Å². The standard InChI is InChI=1S/C19H21N3O/c20-15-11-21-19(23)22(12-15)18-16-7-3-1-5-13(16)9-10-14-6-2-4-8-17(14)18/h1-8,15,18H,9-12,20H2,(H,21,23). The lowest BCUT2D eigenvalue weighted by molar-refractivity contribution is 0.164. The van der Waals surface area contributed by atoms with Gasteiger partial charge in [0.05, 0.1) is 6.04 Å². The Balaban J connectivity index is 1.88. The summed E-state index contributed by atoms with van der Waals surface area (Å²) in [7, 11) is 0. The smallest absolute Gasteiger partial charge is 0.318 e. The largest absolute Gasteiger partial charge is 0.336 e. The van der Waals surface area contributed by atoms with Gasteiger partial charge in [-0.3, -0.25) is 0 Å². The fraction of sp³-hybridized carbons (Fsp3) is 0.316. The highest BCUT2D eigenvalue weighted by atomic mass is 16.2. The van der Waals surface area contributed by atoms with Crippen molar-refractivity contribution in [1.29, 1.82) is 0 Å². The average Bonchev–Trinajstić information content (AvgIpc) is 2.74. The number of urea groups is 1. The van der Waals surface area contributed by atoms with Crippen molar-refractivity contribution < 1.29 is 4.79 Å². The van der Waals surface area contributed by atoms with Crippen LogP contribution in [0.2, 0.25) is 0 Å². The number of hydrogen-bond donors (Lipinski definition) is 2. The van der Waals surface area contributed by atoms with Crippen molar-refractivity contribution in [2.75, 3.05) is 13.1 Å². The summed E-state index contributed by atoms with van der Waals surface area (Å²) in [6.45, 7) is 1.13. The van der Waals surface area contributed by atoms with Crippen molar-refractivity contribution in [3.8, 4) is 0 Å². The third kappa shape index (κ3) is 2.49. The molecule has 0 aromatic heterocycles. The van der Waals surface area contributed by atoms with Gasteiger partial charge in [0.25, 0.3) is 0 Å². The minimum absolute atomic E-state index is 0.0248. The summed E-state index contributed by atoms with van der Waals surface area (Å²) < 4.78 is 0. The summed E-state index contributed by atoms with van der Waals surface area (Å²) in [6.07, 6.45) is 2.01. The van der Waals surface area contributed by atoms with Crippen LogP contribution in [0, 0.1) is 0 Å². The van der Waals surface area contributed by atoms with Crippen LogP contribution in [-0.2, 0) is 12.8 Å². The molecule has 1 aliphatic heterocycles. The van der Waals surface area contributed by atoms with E-state index in [9.17, 15) is 4.79 Å². The molecule has 2 aliphatic rings. The second-order valence-electron chi connectivity index (χ2n) is 6.40.